The molecule has 0 radical (unpaired) electrons. The van der Waals surface area contributed by atoms with Crippen molar-refractivity contribution >= 4 is 0 Å². The molecule has 2 nitrogen and oxygen atoms in total. The van der Waals surface area contributed by atoms with Gasteiger partial charge in [-0.1, -0.05) is 32.3 Å². The van der Waals surface area contributed by atoms with Gasteiger partial charge in [-0.2, -0.15) is 0 Å². The largest absolute Gasteiger partial charge is 0.379 e. The normalized spacial score (nSPS) is 12.7. The number of halogens is 2. The van der Waals surface area contributed by atoms with Gasteiger partial charge >= 0.3 is 0 Å². The molecule has 0 amide bonds. The van der Waals surface area contributed by atoms with E-state index in [-0.39, 0.29) is 0 Å². The molecule has 2 N–H and O–H groups in total. The van der Waals surface area contributed by atoms with Crippen LogP contribution in [0.2, 0.25) is 0 Å². The van der Waals surface area contributed by atoms with Crippen LogP contribution in [-0.4, -0.2) is 13.2 Å². The maximum atomic E-state index is 13.0. The molecule has 0 fully saturated rings. The monoisotopic (exact) mass is 257 g/mol. The van der Waals surface area contributed by atoms with Gasteiger partial charge in [0, 0.05) is 6.61 Å². The van der Waals surface area contributed by atoms with Crippen molar-refractivity contribution in [3.8, 4) is 0 Å². The summed E-state index contributed by atoms with van der Waals surface area (Å²) in [5, 5.41) is 0. The average molecular weight is 257 g/mol. The number of hydrogen-bond acceptors (Lipinski definition) is 2. The van der Waals surface area contributed by atoms with Crippen molar-refractivity contribution < 1.29 is 13.5 Å². The lowest BCUT2D eigenvalue weighted by Crippen LogP contribution is -2.17. The average Bonchev–Trinajstić information content (AvgIpc) is 2.36. The lowest BCUT2D eigenvalue weighted by atomic mass is 10.1. The van der Waals surface area contributed by atoms with E-state index in [1.807, 2.05) is 0 Å². The van der Waals surface area contributed by atoms with Crippen molar-refractivity contribution in [2.24, 2.45) is 5.73 Å². The Balaban J connectivity index is 2.27. The number of benzene rings is 1. The van der Waals surface area contributed by atoms with Gasteiger partial charge in [0.2, 0.25) is 0 Å². The summed E-state index contributed by atoms with van der Waals surface area (Å²) in [6.07, 6.45) is 4.56. The van der Waals surface area contributed by atoms with Crippen molar-refractivity contribution in [2.45, 2.75) is 38.6 Å². The van der Waals surface area contributed by atoms with Gasteiger partial charge in [0.25, 0.3) is 0 Å². The van der Waals surface area contributed by atoms with Crippen LogP contribution in [0.15, 0.2) is 18.2 Å². The molecule has 1 aromatic rings. The molecule has 1 aromatic carbocycles. The van der Waals surface area contributed by atoms with E-state index < -0.39 is 17.7 Å². The van der Waals surface area contributed by atoms with E-state index in [0.717, 1.165) is 25.0 Å². The lowest BCUT2D eigenvalue weighted by Gasteiger charge is -2.12. The number of hydrogen-bond donors (Lipinski definition) is 1. The number of ether oxygens (including phenoxy) is 1. The van der Waals surface area contributed by atoms with Crippen LogP contribution in [0, 0.1) is 11.6 Å². The third kappa shape index (κ3) is 5.10. The molecule has 1 rings (SSSR count). The Morgan fingerprint density at radius 2 is 1.94 bits per heavy atom. The van der Waals surface area contributed by atoms with Gasteiger partial charge in [-0.15, -0.1) is 0 Å². The second-order valence-electron chi connectivity index (χ2n) is 4.42. The molecule has 0 heterocycles. The summed E-state index contributed by atoms with van der Waals surface area (Å²) < 4.78 is 31.2. The maximum Gasteiger partial charge on any atom is 0.159 e. The van der Waals surface area contributed by atoms with E-state index >= 15 is 0 Å². The summed E-state index contributed by atoms with van der Waals surface area (Å²) in [5.41, 5.74) is 6.40. The standard InChI is InChI=1S/C14H21F2NO/c1-2-3-4-5-8-18-10-14(17)11-6-7-12(15)13(16)9-11/h6-7,9,14H,2-5,8,10,17H2,1H3. The van der Waals surface area contributed by atoms with Crippen LogP contribution in [-0.2, 0) is 4.74 Å². The molecular weight excluding hydrogens is 236 g/mol. The molecule has 0 saturated carbocycles. The molecular formula is C14H21F2NO. The summed E-state index contributed by atoms with van der Waals surface area (Å²) in [7, 11) is 0. The molecule has 0 aliphatic rings. The molecule has 18 heavy (non-hydrogen) atoms. The van der Waals surface area contributed by atoms with Gasteiger partial charge in [0.05, 0.1) is 12.6 Å². The Morgan fingerprint density at radius 3 is 2.61 bits per heavy atom. The minimum absolute atomic E-state index is 0.331. The SMILES string of the molecule is CCCCCCOCC(N)c1ccc(F)c(F)c1. The van der Waals surface area contributed by atoms with E-state index in [0.29, 0.717) is 18.8 Å². The Hall–Kier alpha value is -1.00. The molecule has 0 aromatic heterocycles. The second-order valence-corrected chi connectivity index (χ2v) is 4.42. The smallest absolute Gasteiger partial charge is 0.159 e. The van der Waals surface area contributed by atoms with Crippen molar-refractivity contribution in [3.63, 3.8) is 0 Å². The molecule has 102 valence electrons. The zero-order valence-electron chi connectivity index (χ0n) is 10.8. The summed E-state index contributed by atoms with van der Waals surface area (Å²) in [5.74, 6) is -1.72. The summed E-state index contributed by atoms with van der Waals surface area (Å²) in [6.45, 7) is 3.15. The minimum Gasteiger partial charge on any atom is -0.379 e. The molecule has 1 unspecified atom stereocenters. The van der Waals surface area contributed by atoms with Crippen molar-refractivity contribution in [3.05, 3.63) is 35.4 Å². The first-order valence-electron chi connectivity index (χ1n) is 6.43. The molecule has 0 aliphatic carbocycles. The van der Waals surface area contributed by atoms with Crippen molar-refractivity contribution in [2.75, 3.05) is 13.2 Å². The Labute approximate surface area is 107 Å². The highest BCUT2D eigenvalue weighted by Crippen LogP contribution is 2.15. The van der Waals surface area contributed by atoms with Gasteiger partial charge in [-0.25, -0.2) is 8.78 Å². The van der Waals surface area contributed by atoms with E-state index in [1.165, 1.54) is 18.9 Å². The number of unbranched alkanes of at least 4 members (excludes halogenated alkanes) is 3. The van der Waals surface area contributed by atoms with Crippen LogP contribution in [0.25, 0.3) is 0 Å². The van der Waals surface area contributed by atoms with E-state index in [2.05, 4.69) is 6.92 Å². The van der Waals surface area contributed by atoms with Gasteiger partial charge < -0.3 is 10.5 Å². The van der Waals surface area contributed by atoms with Crippen molar-refractivity contribution in [1.82, 2.24) is 0 Å². The Kier molecular flexibility index (Phi) is 6.83. The first-order valence-corrected chi connectivity index (χ1v) is 6.43. The second kappa shape index (κ2) is 8.16. The van der Waals surface area contributed by atoms with Crippen LogP contribution in [0.5, 0.6) is 0 Å². The van der Waals surface area contributed by atoms with Crippen LogP contribution in [0.4, 0.5) is 8.78 Å². The Morgan fingerprint density at radius 1 is 1.17 bits per heavy atom. The Bertz CT molecular complexity index is 358. The van der Waals surface area contributed by atoms with E-state index in [9.17, 15) is 8.78 Å². The highest BCUT2D eigenvalue weighted by atomic mass is 19.2. The van der Waals surface area contributed by atoms with Gasteiger partial charge in [-0.05, 0) is 24.1 Å². The first-order chi connectivity index (χ1) is 8.65. The molecule has 4 heteroatoms. The molecule has 1 atom stereocenters. The molecule has 0 bridgehead atoms. The lowest BCUT2D eigenvalue weighted by molar-refractivity contribution is 0.117. The van der Waals surface area contributed by atoms with Crippen LogP contribution in [0.1, 0.15) is 44.2 Å². The zero-order valence-corrected chi connectivity index (χ0v) is 10.8. The number of nitrogens with two attached hydrogens (primary N) is 1. The molecule has 0 aliphatic heterocycles. The van der Waals surface area contributed by atoms with E-state index in [1.54, 1.807) is 0 Å². The summed E-state index contributed by atoms with van der Waals surface area (Å²) in [6, 6.07) is 3.29. The maximum absolute atomic E-state index is 13.0. The fourth-order valence-corrected chi connectivity index (χ4v) is 1.68. The predicted molar refractivity (Wildman–Crippen MR) is 68.2 cm³/mol. The van der Waals surface area contributed by atoms with Gasteiger partial charge in [-0.3, -0.25) is 0 Å². The van der Waals surface area contributed by atoms with E-state index in [4.69, 9.17) is 10.5 Å². The van der Waals surface area contributed by atoms with Crippen LogP contribution >= 0.6 is 0 Å². The minimum atomic E-state index is -0.870. The topological polar surface area (TPSA) is 35.2 Å². The quantitative estimate of drug-likeness (QED) is 0.723. The molecule has 0 saturated heterocycles. The summed E-state index contributed by atoms with van der Waals surface area (Å²) in [4.78, 5) is 0. The third-order valence-corrected chi connectivity index (χ3v) is 2.81. The zero-order chi connectivity index (χ0) is 13.4. The number of rotatable bonds is 8. The highest BCUT2D eigenvalue weighted by Gasteiger charge is 2.09. The fraction of sp³-hybridized carbons (Fsp3) is 0.571. The summed E-state index contributed by atoms with van der Waals surface area (Å²) >= 11 is 0. The van der Waals surface area contributed by atoms with Gasteiger partial charge in [0.15, 0.2) is 11.6 Å². The third-order valence-electron chi connectivity index (χ3n) is 2.81. The van der Waals surface area contributed by atoms with Gasteiger partial charge in [0.1, 0.15) is 0 Å². The van der Waals surface area contributed by atoms with Crippen LogP contribution in [0.3, 0.4) is 0 Å². The first kappa shape index (κ1) is 15.1. The highest BCUT2D eigenvalue weighted by molar-refractivity contribution is 5.20. The predicted octanol–water partition coefficient (Wildman–Crippen LogP) is 3.56. The molecule has 0 spiro atoms. The fourth-order valence-electron chi connectivity index (χ4n) is 1.68. The van der Waals surface area contributed by atoms with Crippen molar-refractivity contribution in [1.29, 1.82) is 0 Å². The van der Waals surface area contributed by atoms with Crippen LogP contribution < -0.4 is 5.73 Å².